The number of amides is 1. The van der Waals surface area contributed by atoms with Gasteiger partial charge in [0, 0.05) is 25.2 Å². The molecule has 0 radical (unpaired) electrons. The van der Waals surface area contributed by atoms with Crippen LogP contribution in [0.25, 0.3) is 0 Å². The second kappa shape index (κ2) is 6.69. The molecule has 2 fully saturated rings. The number of para-hydroxylation sites is 1. The Bertz CT molecular complexity index is 485. The molecule has 2 aliphatic rings. The van der Waals surface area contributed by atoms with E-state index in [1.807, 2.05) is 36.2 Å². The highest BCUT2D eigenvalue weighted by Crippen LogP contribution is 2.46. The van der Waals surface area contributed by atoms with Crippen LogP contribution < -0.4 is 5.73 Å². The SMILES string of the molecule is CN(C(=O)CCc1ccccc1N)C(C1CC1)C1CC1.Cl. The molecule has 0 spiro atoms. The van der Waals surface area contributed by atoms with Crippen molar-refractivity contribution in [3.05, 3.63) is 29.8 Å². The maximum atomic E-state index is 12.4. The van der Waals surface area contributed by atoms with Crippen LogP contribution in [0, 0.1) is 11.8 Å². The number of carbonyl (C=O) groups excluding carboxylic acids is 1. The Balaban J connectivity index is 0.00000161. The predicted octanol–water partition coefficient (Wildman–Crippen LogP) is 3.27. The maximum Gasteiger partial charge on any atom is 0.222 e. The van der Waals surface area contributed by atoms with E-state index in [-0.39, 0.29) is 18.3 Å². The minimum atomic E-state index is 0. The Morgan fingerprint density at radius 2 is 1.81 bits per heavy atom. The molecule has 0 bridgehead atoms. The quantitative estimate of drug-likeness (QED) is 0.820. The number of aryl methyl sites for hydroxylation is 1. The third kappa shape index (κ3) is 3.91. The summed E-state index contributed by atoms with van der Waals surface area (Å²) in [4.78, 5) is 14.5. The van der Waals surface area contributed by atoms with Gasteiger partial charge in [-0.1, -0.05) is 18.2 Å². The largest absolute Gasteiger partial charge is 0.399 e. The monoisotopic (exact) mass is 308 g/mol. The summed E-state index contributed by atoms with van der Waals surface area (Å²) in [7, 11) is 2.00. The molecule has 4 heteroatoms. The number of carbonyl (C=O) groups is 1. The van der Waals surface area contributed by atoms with Crippen molar-refractivity contribution in [1.82, 2.24) is 4.90 Å². The molecule has 2 saturated carbocycles. The second-order valence-corrected chi connectivity index (χ2v) is 6.37. The molecule has 1 amide bonds. The molecule has 3 nitrogen and oxygen atoms in total. The van der Waals surface area contributed by atoms with Gasteiger partial charge in [-0.25, -0.2) is 0 Å². The van der Waals surface area contributed by atoms with Crippen LogP contribution >= 0.6 is 12.4 Å². The lowest BCUT2D eigenvalue weighted by molar-refractivity contribution is -0.132. The Hall–Kier alpha value is -1.22. The number of nitrogens with zero attached hydrogens (tertiary/aromatic N) is 1. The van der Waals surface area contributed by atoms with Crippen LogP contribution in [0.2, 0.25) is 0 Å². The van der Waals surface area contributed by atoms with Crippen LogP contribution in [0.1, 0.15) is 37.7 Å². The molecule has 21 heavy (non-hydrogen) atoms. The van der Waals surface area contributed by atoms with E-state index in [1.165, 1.54) is 25.7 Å². The highest BCUT2D eigenvalue weighted by atomic mass is 35.5. The lowest BCUT2D eigenvalue weighted by atomic mass is 10.0. The summed E-state index contributed by atoms with van der Waals surface area (Å²) >= 11 is 0. The number of hydrogen-bond acceptors (Lipinski definition) is 2. The average Bonchev–Trinajstić information content (AvgIpc) is 3.31. The second-order valence-electron chi connectivity index (χ2n) is 6.37. The van der Waals surface area contributed by atoms with E-state index in [9.17, 15) is 4.79 Å². The highest BCUT2D eigenvalue weighted by molar-refractivity contribution is 5.85. The number of rotatable bonds is 6. The van der Waals surface area contributed by atoms with Gasteiger partial charge in [-0.2, -0.15) is 0 Å². The zero-order valence-corrected chi connectivity index (χ0v) is 13.4. The Kier molecular flexibility index (Phi) is 5.15. The maximum absolute atomic E-state index is 12.4. The standard InChI is InChI=1S/C17H24N2O.ClH/c1-19(17(13-6-7-13)14-8-9-14)16(20)11-10-12-4-2-3-5-15(12)18;/h2-5,13-14,17H,6-11,18H2,1H3;1H. The first-order valence-electron chi connectivity index (χ1n) is 7.76. The van der Waals surface area contributed by atoms with Crippen molar-refractivity contribution in [2.45, 2.75) is 44.6 Å². The van der Waals surface area contributed by atoms with E-state index in [1.54, 1.807) is 0 Å². The van der Waals surface area contributed by atoms with Gasteiger partial charge in [-0.3, -0.25) is 4.79 Å². The van der Waals surface area contributed by atoms with Crippen LogP contribution in [0.5, 0.6) is 0 Å². The number of benzene rings is 1. The summed E-state index contributed by atoms with van der Waals surface area (Å²) in [6.45, 7) is 0. The van der Waals surface area contributed by atoms with Gasteiger partial charge in [0.05, 0.1) is 0 Å². The number of nitrogen functional groups attached to an aromatic ring is 1. The summed E-state index contributed by atoms with van der Waals surface area (Å²) in [5.41, 5.74) is 7.82. The van der Waals surface area contributed by atoms with Crippen LogP contribution in [-0.4, -0.2) is 23.9 Å². The van der Waals surface area contributed by atoms with E-state index in [2.05, 4.69) is 0 Å². The number of nitrogens with two attached hydrogens (primary N) is 1. The van der Waals surface area contributed by atoms with Crippen molar-refractivity contribution in [3.63, 3.8) is 0 Å². The zero-order valence-electron chi connectivity index (χ0n) is 12.6. The predicted molar refractivity (Wildman–Crippen MR) is 88.4 cm³/mol. The fourth-order valence-electron chi connectivity index (χ4n) is 3.24. The Morgan fingerprint density at radius 3 is 2.33 bits per heavy atom. The van der Waals surface area contributed by atoms with Gasteiger partial charge in [0.2, 0.25) is 5.91 Å². The molecule has 0 unspecified atom stereocenters. The summed E-state index contributed by atoms with van der Waals surface area (Å²) in [5.74, 6) is 1.83. The normalized spacial score (nSPS) is 17.4. The van der Waals surface area contributed by atoms with Gasteiger partial charge in [0.1, 0.15) is 0 Å². The first-order valence-corrected chi connectivity index (χ1v) is 7.76. The molecule has 0 heterocycles. The Morgan fingerprint density at radius 1 is 1.24 bits per heavy atom. The summed E-state index contributed by atoms with van der Waals surface area (Å²) in [6, 6.07) is 8.35. The van der Waals surface area contributed by atoms with Crippen LogP contribution in [0.15, 0.2) is 24.3 Å². The fraction of sp³-hybridized carbons (Fsp3) is 0.588. The lowest BCUT2D eigenvalue weighted by Gasteiger charge is -2.28. The number of anilines is 1. The lowest BCUT2D eigenvalue weighted by Crippen LogP contribution is -2.40. The minimum Gasteiger partial charge on any atom is -0.399 e. The third-order valence-corrected chi connectivity index (χ3v) is 4.71. The van der Waals surface area contributed by atoms with E-state index in [0.717, 1.165) is 29.5 Å². The molecule has 2 N–H and O–H groups in total. The van der Waals surface area contributed by atoms with Crippen molar-refractivity contribution < 1.29 is 4.79 Å². The van der Waals surface area contributed by atoms with Gasteiger partial charge in [-0.15, -0.1) is 12.4 Å². The van der Waals surface area contributed by atoms with Gasteiger partial charge >= 0.3 is 0 Å². The van der Waals surface area contributed by atoms with Crippen molar-refractivity contribution in [2.75, 3.05) is 12.8 Å². The first-order chi connectivity index (χ1) is 9.66. The van der Waals surface area contributed by atoms with Crippen LogP contribution in [0.4, 0.5) is 5.69 Å². The Labute approximate surface area is 133 Å². The molecular weight excluding hydrogens is 284 g/mol. The number of halogens is 1. The van der Waals surface area contributed by atoms with Gasteiger partial charge in [0.25, 0.3) is 0 Å². The molecule has 0 saturated heterocycles. The van der Waals surface area contributed by atoms with Crippen molar-refractivity contribution in [1.29, 1.82) is 0 Å². The van der Waals surface area contributed by atoms with Gasteiger partial charge in [0.15, 0.2) is 0 Å². The zero-order chi connectivity index (χ0) is 14.1. The molecule has 2 aliphatic carbocycles. The third-order valence-electron chi connectivity index (χ3n) is 4.71. The average molecular weight is 309 g/mol. The molecule has 116 valence electrons. The molecule has 0 atom stereocenters. The smallest absolute Gasteiger partial charge is 0.222 e. The molecule has 0 aromatic heterocycles. The first kappa shape index (κ1) is 16.2. The molecule has 1 aromatic carbocycles. The van der Waals surface area contributed by atoms with Gasteiger partial charge in [-0.05, 0) is 55.6 Å². The molecule has 0 aliphatic heterocycles. The molecule has 3 rings (SSSR count). The fourth-order valence-corrected chi connectivity index (χ4v) is 3.24. The van der Waals surface area contributed by atoms with Gasteiger partial charge < -0.3 is 10.6 Å². The topological polar surface area (TPSA) is 46.3 Å². The molecule has 1 aromatic rings. The summed E-state index contributed by atoms with van der Waals surface area (Å²) in [6.07, 6.45) is 6.56. The van der Waals surface area contributed by atoms with Crippen molar-refractivity contribution >= 4 is 24.0 Å². The van der Waals surface area contributed by atoms with Crippen molar-refractivity contribution in [2.24, 2.45) is 11.8 Å². The molecular formula is C17H25ClN2O. The van der Waals surface area contributed by atoms with Crippen molar-refractivity contribution in [3.8, 4) is 0 Å². The van der Waals surface area contributed by atoms with Crippen LogP contribution in [-0.2, 0) is 11.2 Å². The summed E-state index contributed by atoms with van der Waals surface area (Å²) < 4.78 is 0. The van der Waals surface area contributed by atoms with E-state index in [4.69, 9.17) is 5.73 Å². The van der Waals surface area contributed by atoms with E-state index < -0.39 is 0 Å². The van der Waals surface area contributed by atoms with E-state index in [0.29, 0.717) is 12.5 Å². The van der Waals surface area contributed by atoms with Crippen LogP contribution in [0.3, 0.4) is 0 Å². The summed E-state index contributed by atoms with van der Waals surface area (Å²) in [5, 5.41) is 0. The number of hydrogen-bond donors (Lipinski definition) is 1. The van der Waals surface area contributed by atoms with E-state index >= 15 is 0 Å². The minimum absolute atomic E-state index is 0. The highest BCUT2D eigenvalue weighted by Gasteiger charge is 2.44.